The Bertz CT molecular complexity index is 677. The quantitative estimate of drug-likeness (QED) is 0.607. The van der Waals surface area contributed by atoms with Gasteiger partial charge in [-0.2, -0.15) is 0 Å². The standard InChI is InChI=1S/C18H23ClN2O6/c1-4-11(2)16(18(25)26-3)21-14(22)10-27-15(23)9-20-17(24)12-5-7-13(19)8-6-12/h5-8,11,16H,4,9-10H2,1-3H3,(H,20,24)(H,21,22)/t11-,16+/m0/s1. The molecule has 1 rings (SSSR count). The summed E-state index contributed by atoms with van der Waals surface area (Å²) in [5, 5.41) is 5.34. The molecule has 0 saturated carbocycles. The van der Waals surface area contributed by atoms with Crippen LogP contribution in [0.4, 0.5) is 0 Å². The lowest BCUT2D eigenvalue weighted by atomic mass is 9.99. The summed E-state index contributed by atoms with van der Waals surface area (Å²) in [4.78, 5) is 47.2. The summed E-state index contributed by atoms with van der Waals surface area (Å²) in [6.45, 7) is 2.69. The number of carbonyl (C=O) groups is 4. The van der Waals surface area contributed by atoms with Gasteiger partial charge in [-0.3, -0.25) is 14.4 Å². The molecular weight excluding hydrogens is 376 g/mol. The molecule has 1 aromatic carbocycles. The average molecular weight is 399 g/mol. The average Bonchev–Trinajstić information content (AvgIpc) is 2.67. The van der Waals surface area contributed by atoms with Gasteiger partial charge in [0.15, 0.2) is 6.61 Å². The lowest BCUT2D eigenvalue weighted by Crippen LogP contribution is -2.47. The summed E-state index contributed by atoms with van der Waals surface area (Å²) in [6, 6.07) is 5.30. The molecule has 1 aromatic rings. The van der Waals surface area contributed by atoms with E-state index >= 15 is 0 Å². The van der Waals surface area contributed by atoms with Crippen LogP contribution >= 0.6 is 11.6 Å². The predicted molar refractivity (Wildman–Crippen MR) is 98.1 cm³/mol. The monoisotopic (exact) mass is 398 g/mol. The summed E-state index contributed by atoms with van der Waals surface area (Å²) in [5.41, 5.74) is 0.333. The third-order valence-electron chi connectivity index (χ3n) is 3.85. The summed E-state index contributed by atoms with van der Waals surface area (Å²) < 4.78 is 9.46. The van der Waals surface area contributed by atoms with Gasteiger partial charge in [0, 0.05) is 10.6 Å². The first kappa shape index (κ1) is 22.4. The van der Waals surface area contributed by atoms with E-state index in [4.69, 9.17) is 16.3 Å². The molecule has 0 heterocycles. The highest BCUT2D eigenvalue weighted by Crippen LogP contribution is 2.10. The number of amides is 2. The Morgan fingerprint density at radius 1 is 1.15 bits per heavy atom. The van der Waals surface area contributed by atoms with E-state index in [-0.39, 0.29) is 5.92 Å². The van der Waals surface area contributed by atoms with Gasteiger partial charge < -0.3 is 20.1 Å². The maximum absolute atomic E-state index is 11.9. The van der Waals surface area contributed by atoms with E-state index in [9.17, 15) is 19.2 Å². The fourth-order valence-electron chi connectivity index (χ4n) is 2.06. The SMILES string of the molecule is CC[C@H](C)[C@@H](NC(=O)COC(=O)CNC(=O)c1ccc(Cl)cc1)C(=O)OC. The molecule has 27 heavy (non-hydrogen) atoms. The summed E-state index contributed by atoms with van der Waals surface area (Å²) in [5.74, 6) is -2.61. The first-order valence-electron chi connectivity index (χ1n) is 8.35. The van der Waals surface area contributed by atoms with Gasteiger partial charge in [0.05, 0.1) is 7.11 Å². The summed E-state index contributed by atoms with van der Waals surface area (Å²) in [6.07, 6.45) is 0.649. The van der Waals surface area contributed by atoms with E-state index < -0.39 is 42.9 Å². The normalized spacial score (nSPS) is 12.4. The van der Waals surface area contributed by atoms with Crippen molar-refractivity contribution in [3.8, 4) is 0 Å². The minimum absolute atomic E-state index is 0.143. The van der Waals surface area contributed by atoms with Gasteiger partial charge in [-0.25, -0.2) is 4.79 Å². The van der Waals surface area contributed by atoms with E-state index in [0.717, 1.165) is 0 Å². The van der Waals surface area contributed by atoms with Gasteiger partial charge >= 0.3 is 11.9 Å². The van der Waals surface area contributed by atoms with Crippen molar-refractivity contribution < 1.29 is 28.7 Å². The van der Waals surface area contributed by atoms with Crippen LogP contribution in [0.1, 0.15) is 30.6 Å². The van der Waals surface area contributed by atoms with Crippen LogP contribution in [0.25, 0.3) is 0 Å². The van der Waals surface area contributed by atoms with Crippen LogP contribution in [0.3, 0.4) is 0 Å². The molecular formula is C18H23ClN2O6. The van der Waals surface area contributed by atoms with Crippen LogP contribution in [0.2, 0.25) is 5.02 Å². The van der Waals surface area contributed by atoms with Crippen LogP contribution in [0.15, 0.2) is 24.3 Å². The van der Waals surface area contributed by atoms with Crippen molar-refractivity contribution in [3.05, 3.63) is 34.9 Å². The molecule has 2 amide bonds. The minimum atomic E-state index is -0.823. The molecule has 0 radical (unpaired) electrons. The number of methoxy groups -OCH3 is 1. The number of ether oxygens (including phenoxy) is 2. The molecule has 0 spiro atoms. The molecule has 0 fully saturated rings. The second-order valence-corrected chi connectivity index (χ2v) is 6.24. The molecule has 0 unspecified atom stereocenters. The van der Waals surface area contributed by atoms with Crippen molar-refractivity contribution in [1.82, 2.24) is 10.6 Å². The molecule has 0 bridgehead atoms. The number of benzene rings is 1. The molecule has 9 heteroatoms. The van der Waals surface area contributed by atoms with Gasteiger partial charge in [0.2, 0.25) is 0 Å². The molecule has 2 N–H and O–H groups in total. The molecule has 0 aromatic heterocycles. The summed E-state index contributed by atoms with van der Waals surface area (Å²) in [7, 11) is 1.23. The van der Waals surface area contributed by atoms with Crippen LogP contribution in [-0.4, -0.2) is 50.1 Å². The highest BCUT2D eigenvalue weighted by atomic mass is 35.5. The largest absolute Gasteiger partial charge is 0.467 e. The molecule has 0 aliphatic heterocycles. The Kier molecular flexibility index (Phi) is 9.29. The van der Waals surface area contributed by atoms with E-state index in [2.05, 4.69) is 15.4 Å². The second-order valence-electron chi connectivity index (χ2n) is 5.80. The van der Waals surface area contributed by atoms with Crippen molar-refractivity contribution >= 4 is 35.4 Å². The van der Waals surface area contributed by atoms with Crippen molar-refractivity contribution in [3.63, 3.8) is 0 Å². The van der Waals surface area contributed by atoms with E-state index in [1.165, 1.54) is 19.2 Å². The van der Waals surface area contributed by atoms with Crippen LogP contribution in [-0.2, 0) is 23.9 Å². The Labute approximate surface area is 162 Å². The summed E-state index contributed by atoms with van der Waals surface area (Å²) >= 11 is 5.74. The number of hydrogen-bond donors (Lipinski definition) is 2. The molecule has 148 valence electrons. The molecule has 0 aliphatic rings. The van der Waals surface area contributed by atoms with Gasteiger partial charge in [-0.05, 0) is 30.2 Å². The fraction of sp³-hybridized carbons (Fsp3) is 0.444. The molecule has 0 saturated heterocycles. The predicted octanol–water partition coefficient (Wildman–Crippen LogP) is 1.32. The number of hydrogen-bond acceptors (Lipinski definition) is 6. The Morgan fingerprint density at radius 2 is 1.78 bits per heavy atom. The smallest absolute Gasteiger partial charge is 0.328 e. The maximum atomic E-state index is 11.9. The second kappa shape index (κ2) is 11.2. The van der Waals surface area contributed by atoms with Crippen LogP contribution in [0, 0.1) is 5.92 Å². The Hall–Kier alpha value is -2.61. The lowest BCUT2D eigenvalue weighted by molar-refractivity contribution is -0.150. The van der Waals surface area contributed by atoms with Crippen molar-refractivity contribution in [1.29, 1.82) is 0 Å². The topological polar surface area (TPSA) is 111 Å². The van der Waals surface area contributed by atoms with E-state index in [1.807, 2.05) is 6.92 Å². The number of halogens is 1. The molecule has 8 nitrogen and oxygen atoms in total. The number of esters is 2. The number of nitrogens with one attached hydrogen (secondary N) is 2. The van der Waals surface area contributed by atoms with Crippen LogP contribution < -0.4 is 10.6 Å². The van der Waals surface area contributed by atoms with E-state index in [1.54, 1.807) is 19.1 Å². The number of carbonyl (C=O) groups excluding carboxylic acids is 4. The Morgan fingerprint density at radius 3 is 2.33 bits per heavy atom. The first-order valence-corrected chi connectivity index (χ1v) is 8.72. The molecule has 2 atom stereocenters. The zero-order valence-electron chi connectivity index (χ0n) is 15.4. The number of rotatable bonds is 9. The van der Waals surface area contributed by atoms with Crippen molar-refractivity contribution in [2.24, 2.45) is 5.92 Å². The third kappa shape index (κ3) is 7.65. The first-order chi connectivity index (χ1) is 12.8. The van der Waals surface area contributed by atoms with Crippen molar-refractivity contribution in [2.45, 2.75) is 26.3 Å². The maximum Gasteiger partial charge on any atom is 0.328 e. The van der Waals surface area contributed by atoms with Gasteiger partial charge in [0.1, 0.15) is 12.6 Å². The lowest BCUT2D eigenvalue weighted by Gasteiger charge is -2.21. The van der Waals surface area contributed by atoms with E-state index in [0.29, 0.717) is 17.0 Å². The zero-order valence-corrected chi connectivity index (χ0v) is 16.2. The molecule has 0 aliphatic carbocycles. The Balaban J connectivity index is 2.42. The minimum Gasteiger partial charge on any atom is -0.467 e. The highest BCUT2D eigenvalue weighted by molar-refractivity contribution is 6.30. The van der Waals surface area contributed by atoms with Crippen LogP contribution in [0.5, 0.6) is 0 Å². The van der Waals surface area contributed by atoms with Gasteiger partial charge in [0.25, 0.3) is 11.8 Å². The fourth-order valence-corrected chi connectivity index (χ4v) is 2.19. The third-order valence-corrected chi connectivity index (χ3v) is 4.10. The van der Waals surface area contributed by atoms with Crippen molar-refractivity contribution in [2.75, 3.05) is 20.3 Å². The van der Waals surface area contributed by atoms with Gasteiger partial charge in [-0.1, -0.05) is 31.9 Å². The highest BCUT2D eigenvalue weighted by Gasteiger charge is 2.26. The zero-order chi connectivity index (χ0) is 20.4. The van der Waals surface area contributed by atoms with Gasteiger partial charge in [-0.15, -0.1) is 0 Å².